The first-order valence-corrected chi connectivity index (χ1v) is 9.87. The molecule has 28 heavy (non-hydrogen) atoms. The first-order chi connectivity index (χ1) is 13.7. The Balaban J connectivity index is 1.59. The SMILES string of the molecule is O=CNc1ccc(-c2nc(N3CCC3)nc3c2CCC3)cc1C1C[C@H]1C(=O)O. The van der Waals surface area contributed by atoms with Gasteiger partial charge in [-0.3, -0.25) is 9.59 Å². The van der Waals surface area contributed by atoms with E-state index in [9.17, 15) is 14.7 Å². The molecule has 7 nitrogen and oxygen atoms in total. The van der Waals surface area contributed by atoms with Crippen molar-refractivity contribution < 1.29 is 14.7 Å². The van der Waals surface area contributed by atoms with Gasteiger partial charge in [-0.25, -0.2) is 9.97 Å². The number of rotatable bonds is 6. The van der Waals surface area contributed by atoms with Crippen molar-refractivity contribution in [2.24, 2.45) is 5.92 Å². The van der Waals surface area contributed by atoms with Crippen LogP contribution in [0.15, 0.2) is 18.2 Å². The van der Waals surface area contributed by atoms with Gasteiger partial charge in [0.15, 0.2) is 0 Å². The van der Waals surface area contributed by atoms with Gasteiger partial charge in [0.1, 0.15) is 0 Å². The number of carbonyl (C=O) groups excluding carboxylic acids is 1. The Morgan fingerprint density at radius 3 is 2.75 bits per heavy atom. The quantitative estimate of drug-likeness (QED) is 0.750. The van der Waals surface area contributed by atoms with Gasteiger partial charge in [-0.05, 0) is 49.8 Å². The number of carboxylic acid groups (broad SMARTS) is 1. The fraction of sp³-hybridized carbons (Fsp3) is 0.429. The molecular formula is C21H22N4O3. The molecule has 0 spiro atoms. The second-order valence-corrected chi connectivity index (χ2v) is 7.84. The van der Waals surface area contributed by atoms with Crippen LogP contribution in [0.3, 0.4) is 0 Å². The van der Waals surface area contributed by atoms with Crippen molar-refractivity contribution in [3.8, 4) is 11.3 Å². The highest BCUT2D eigenvalue weighted by atomic mass is 16.4. The van der Waals surface area contributed by atoms with Gasteiger partial charge in [0.05, 0.1) is 11.6 Å². The Morgan fingerprint density at radius 1 is 1.21 bits per heavy atom. The molecule has 0 bridgehead atoms. The molecule has 1 aliphatic heterocycles. The van der Waals surface area contributed by atoms with Crippen LogP contribution in [0, 0.1) is 5.92 Å². The lowest BCUT2D eigenvalue weighted by atomic mass is 9.98. The molecule has 1 amide bonds. The van der Waals surface area contributed by atoms with E-state index in [1.54, 1.807) is 0 Å². The van der Waals surface area contributed by atoms with E-state index in [4.69, 9.17) is 9.97 Å². The van der Waals surface area contributed by atoms with Gasteiger partial charge in [0.25, 0.3) is 0 Å². The van der Waals surface area contributed by atoms with Crippen molar-refractivity contribution >= 4 is 24.0 Å². The number of fused-ring (bicyclic) bond motifs is 1. The molecule has 2 aliphatic carbocycles. The van der Waals surface area contributed by atoms with Crippen LogP contribution in [0.25, 0.3) is 11.3 Å². The van der Waals surface area contributed by atoms with Crippen molar-refractivity contribution in [2.75, 3.05) is 23.3 Å². The lowest BCUT2D eigenvalue weighted by molar-refractivity contribution is -0.138. The van der Waals surface area contributed by atoms with Crippen LogP contribution in [0.1, 0.15) is 42.0 Å². The van der Waals surface area contributed by atoms with E-state index in [0.29, 0.717) is 18.5 Å². The smallest absolute Gasteiger partial charge is 0.307 e. The fourth-order valence-corrected chi connectivity index (χ4v) is 4.34. The summed E-state index contributed by atoms with van der Waals surface area (Å²) in [6.45, 7) is 1.99. The standard InChI is InChI=1S/C21H22N4O3/c26-11-22-17-6-5-12(9-15(17)14-10-16(14)20(27)28)19-13-3-1-4-18(13)23-21(24-19)25-7-2-8-25/h5-6,9,11,14,16H,1-4,7-8,10H2,(H,22,26)(H,27,28)/t14?,16-/m1/s1. The zero-order chi connectivity index (χ0) is 19.3. The molecule has 2 atom stereocenters. The van der Waals surface area contributed by atoms with Crippen LogP contribution in [-0.2, 0) is 22.4 Å². The second-order valence-electron chi connectivity index (χ2n) is 7.84. The summed E-state index contributed by atoms with van der Waals surface area (Å²) in [5.41, 5.74) is 5.84. The summed E-state index contributed by atoms with van der Waals surface area (Å²) in [5.74, 6) is -0.427. The van der Waals surface area contributed by atoms with Gasteiger partial charge < -0.3 is 15.3 Å². The highest BCUT2D eigenvalue weighted by Crippen LogP contribution is 2.50. The molecule has 2 N–H and O–H groups in total. The summed E-state index contributed by atoms with van der Waals surface area (Å²) in [6, 6.07) is 5.84. The van der Waals surface area contributed by atoms with Crippen molar-refractivity contribution in [1.82, 2.24) is 9.97 Å². The molecule has 2 aromatic rings. The largest absolute Gasteiger partial charge is 0.481 e. The summed E-state index contributed by atoms with van der Waals surface area (Å²) in [4.78, 5) is 34.3. The number of aromatic nitrogens is 2. The number of aryl methyl sites for hydroxylation is 1. The number of benzene rings is 1. The third-order valence-corrected chi connectivity index (χ3v) is 6.11. The monoisotopic (exact) mass is 378 g/mol. The van der Waals surface area contributed by atoms with Crippen LogP contribution < -0.4 is 10.2 Å². The first-order valence-electron chi connectivity index (χ1n) is 9.87. The molecule has 1 aromatic carbocycles. The number of carbonyl (C=O) groups is 2. The van der Waals surface area contributed by atoms with Gasteiger partial charge in [0, 0.05) is 41.5 Å². The summed E-state index contributed by atoms with van der Waals surface area (Å²) in [7, 11) is 0. The number of aliphatic carboxylic acids is 1. The number of anilines is 2. The molecule has 5 rings (SSSR count). The van der Waals surface area contributed by atoms with E-state index in [2.05, 4.69) is 10.2 Å². The zero-order valence-electron chi connectivity index (χ0n) is 15.5. The molecule has 1 saturated carbocycles. The van der Waals surface area contributed by atoms with Gasteiger partial charge in [-0.2, -0.15) is 0 Å². The molecule has 3 aliphatic rings. The minimum atomic E-state index is -0.782. The summed E-state index contributed by atoms with van der Waals surface area (Å²) < 4.78 is 0. The van der Waals surface area contributed by atoms with Crippen LogP contribution in [-0.4, -0.2) is 40.5 Å². The van der Waals surface area contributed by atoms with Gasteiger partial charge in [-0.15, -0.1) is 0 Å². The Labute approximate surface area is 162 Å². The number of hydrogen-bond acceptors (Lipinski definition) is 5. The highest BCUT2D eigenvalue weighted by molar-refractivity contribution is 5.81. The number of nitrogens with zero attached hydrogens (tertiary/aromatic N) is 3. The van der Waals surface area contributed by atoms with E-state index in [0.717, 1.165) is 60.8 Å². The summed E-state index contributed by atoms with van der Waals surface area (Å²) in [6.07, 6.45) is 5.45. The number of carboxylic acids is 1. The first kappa shape index (κ1) is 17.2. The third-order valence-electron chi connectivity index (χ3n) is 6.11. The van der Waals surface area contributed by atoms with E-state index < -0.39 is 5.97 Å². The van der Waals surface area contributed by atoms with Crippen LogP contribution in [0.2, 0.25) is 0 Å². The molecule has 1 unspecified atom stereocenters. The average molecular weight is 378 g/mol. The highest BCUT2D eigenvalue weighted by Gasteiger charge is 2.45. The maximum absolute atomic E-state index is 11.4. The van der Waals surface area contributed by atoms with E-state index >= 15 is 0 Å². The van der Waals surface area contributed by atoms with Gasteiger partial charge >= 0.3 is 5.97 Å². The lowest BCUT2D eigenvalue weighted by Gasteiger charge is -2.31. The minimum Gasteiger partial charge on any atom is -0.481 e. The zero-order valence-corrected chi connectivity index (χ0v) is 15.5. The molecular weight excluding hydrogens is 356 g/mol. The predicted octanol–water partition coefficient (Wildman–Crippen LogP) is 2.60. The predicted molar refractivity (Wildman–Crippen MR) is 104 cm³/mol. The Bertz CT molecular complexity index is 970. The average Bonchev–Trinajstić information content (AvgIpc) is 3.30. The number of amides is 1. The van der Waals surface area contributed by atoms with Gasteiger partial charge in [0.2, 0.25) is 12.4 Å². The molecule has 1 aromatic heterocycles. The van der Waals surface area contributed by atoms with Crippen molar-refractivity contribution in [3.05, 3.63) is 35.0 Å². The maximum Gasteiger partial charge on any atom is 0.307 e. The third kappa shape index (κ3) is 2.82. The molecule has 7 heteroatoms. The van der Waals surface area contributed by atoms with Crippen molar-refractivity contribution in [2.45, 2.75) is 38.0 Å². The van der Waals surface area contributed by atoms with Crippen molar-refractivity contribution in [1.29, 1.82) is 0 Å². The van der Waals surface area contributed by atoms with E-state index in [1.165, 1.54) is 12.0 Å². The fourth-order valence-electron chi connectivity index (χ4n) is 4.34. The maximum atomic E-state index is 11.4. The number of hydrogen-bond donors (Lipinski definition) is 2. The molecule has 2 fully saturated rings. The number of nitrogens with one attached hydrogen (secondary N) is 1. The van der Waals surface area contributed by atoms with Crippen LogP contribution in [0.5, 0.6) is 0 Å². The van der Waals surface area contributed by atoms with Crippen LogP contribution in [0.4, 0.5) is 11.6 Å². The topological polar surface area (TPSA) is 95.4 Å². The molecule has 144 valence electrons. The minimum absolute atomic E-state index is 0.0651. The van der Waals surface area contributed by atoms with E-state index in [1.807, 2.05) is 18.2 Å². The second kappa shape index (κ2) is 6.58. The Morgan fingerprint density at radius 2 is 2.07 bits per heavy atom. The Hall–Kier alpha value is -2.96. The molecule has 2 heterocycles. The normalized spacial score (nSPS) is 22.4. The molecule has 0 radical (unpaired) electrons. The lowest BCUT2D eigenvalue weighted by Crippen LogP contribution is -2.38. The summed E-state index contributed by atoms with van der Waals surface area (Å²) in [5, 5.41) is 12.1. The molecule has 1 saturated heterocycles. The van der Waals surface area contributed by atoms with E-state index in [-0.39, 0.29) is 11.8 Å². The Kier molecular flexibility index (Phi) is 4.03. The van der Waals surface area contributed by atoms with Gasteiger partial charge in [-0.1, -0.05) is 6.07 Å². The summed E-state index contributed by atoms with van der Waals surface area (Å²) >= 11 is 0. The van der Waals surface area contributed by atoms with Crippen LogP contribution >= 0.6 is 0 Å². The van der Waals surface area contributed by atoms with Crippen molar-refractivity contribution in [3.63, 3.8) is 0 Å².